The second-order valence-electron chi connectivity index (χ2n) is 5.17. The molecule has 0 bridgehead atoms. The zero-order valence-electron chi connectivity index (χ0n) is 12.5. The minimum Gasteiger partial charge on any atom is -0.320 e. The Labute approximate surface area is 131 Å². The average molecular weight is 316 g/mol. The molecule has 23 heavy (non-hydrogen) atoms. The van der Waals surface area contributed by atoms with E-state index in [1.807, 2.05) is 32.0 Å². The summed E-state index contributed by atoms with van der Waals surface area (Å²) < 4.78 is 27.8. The molecule has 0 spiro atoms. The molecule has 7 heteroatoms. The lowest BCUT2D eigenvalue weighted by Crippen LogP contribution is -2.18. The Morgan fingerprint density at radius 3 is 2.61 bits per heavy atom. The molecule has 0 saturated heterocycles. The fourth-order valence-electron chi connectivity index (χ4n) is 2.49. The van der Waals surface area contributed by atoms with Crippen molar-refractivity contribution in [2.24, 2.45) is 0 Å². The summed E-state index contributed by atoms with van der Waals surface area (Å²) in [6.07, 6.45) is 1.34. The van der Waals surface area contributed by atoms with Crippen molar-refractivity contribution in [1.82, 2.24) is 14.4 Å². The standard InChI is InChI=1S/C16H14F2N4O/c1-9-4-3-5-10(2)12(9)21-16(23)14-13(15(17)18)20-11-8-19-6-7-22(11)14/h3-8,15H,1-2H3,(H,21,23). The van der Waals surface area contributed by atoms with Gasteiger partial charge < -0.3 is 5.32 Å². The van der Waals surface area contributed by atoms with Crippen molar-refractivity contribution in [3.8, 4) is 0 Å². The lowest BCUT2D eigenvalue weighted by molar-refractivity contribution is 0.1000. The third kappa shape index (κ3) is 2.65. The molecule has 3 rings (SSSR count). The lowest BCUT2D eigenvalue weighted by atomic mass is 10.1. The number of para-hydroxylation sites is 1. The number of aromatic nitrogens is 3. The number of hydrogen-bond acceptors (Lipinski definition) is 3. The highest BCUT2D eigenvalue weighted by Crippen LogP contribution is 2.26. The molecule has 2 aromatic heterocycles. The van der Waals surface area contributed by atoms with Crippen LogP contribution in [0.4, 0.5) is 14.5 Å². The molecule has 1 N–H and O–H groups in total. The predicted molar refractivity (Wildman–Crippen MR) is 81.8 cm³/mol. The maximum absolute atomic E-state index is 13.2. The number of amides is 1. The number of aryl methyl sites for hydroxylation is 2. The van der Waals surface area contributed by atoms with Crippen LogP contribution in [0.2, 0.25) is 0 Å². The van der Waals surface area contributed by atoms with Gasteiger partial charge in [0.1, 0.15) is 11.4 Å². The molecule has 0 aliphatic carbocycles. The van der Waals surface area contributed by atoms with Crippen molar-refractivity contribution in [2.75, 3.05) is 5.32 Å². The molecule has 0 saturated carbocycles. The fraction of sp³-hybridized carbons (Fsp3) is 0.188. The van der Waals surface area contributed by atoms with Crippen LogP contribution in [0.15, 0.2) is 36.8 Å². The summed E-state index contributed by atoms with van der Waals surface area (Å²) in [5.74, 6) is -0.628. The number of rotatable bonds is 3. The SMILES string of the molecule is Cc1cccc(C)c1NC(=O)c1c(C(F)F)nc2cnccn12. The van der Waals surface area contributed by atoms with Gasteiger partial charge in [-0.25, -0.2) is 13.8 Å². The van der Waals surface area contributed by atoms with Gasteiger partial charge in [0, 0.05) is 18.1 Å². The zero-order valence-corrected chi connectivity index (χ0v) is 12.5. The summed E-state index contributed by atoms with van der Waals surface area (Å²) in [5, 5.41) is 2.71. The van der Waals surface area contributed by atoms with Gasteiger partial charge in [0.2, 0.25) is 0 Å². The normalized spacial score (nSPS) is 11.2. The van der Waals surface area contributed by atoms with Crippen LogP contribution < -0.4 is 5.32 Å². The van der Waals surface area contributed by atoms with Crippen LogP contribution in [0.3, 0.4) is 0 Å². The number of carbonyl (C=O) groups is 1. The third-order valence-corrected chi connectivity index (χ3v) is 3.60. The second-order valence-corrected chi connectivity index (χ2v) is 5.17. The molecule has 0 aliphatic heterocycles. The van der Waals surface area contributed by atoms with Crippen molar-refractivity contribution in [3.63, 3.8) is 0 Å². The Balaban J connectivity index is 2.09. The number of alkyl halides is 2. The zero-order chi connectivity index (χ0) is 16.6. The van der Waals surface area contributed by atoms with Crippen LogP contribution in [-0.4, -0.2) is 20.3 Å². The van der Waals surface area contributed by atoms with Crippen LogP contribution in [0.5, 0.6) is 0 Å². The number of benzene rings is 1. The number of halogens is 2. The molecular formula is C16H14F2N4O. The Kier molecular flexibility index (Phi) is 3.77. The Morgan fingerprint density at radius 1 is 1.26 bits per heavy atom. The third-order valence-electron chi connectivity index (χ3n) is 3.60. The number of imidazole rings is 1. The Morgan fingerprint density at radius 2 is 1.96 bits per heavy atom. The number of nitrogens with zero attached hydrogens (tertiary/aromatic N) is 3. The van der Waals surface area contributed by atoms with Gasteiger partial charge in [-0.1, -0.05) is 18.2 Å². The van der Waals surface area contributed by atoms with Crippen molar-refractivity contribution in [2.45, 2.75) is 20.3 Å². The summed E-state index contributed by atoms with van der Waals surface area (Å²) in [6, 6.07) is 5.55. The van der Waals surface area contributed by atoms with E-state index in [9.17, 15) is 13.6 Å². The molecule has 1 amide bonds. The van der Waals surface area contributed by atoms with Gasteiger partial charge in [-0.3, -0.25) is 14.2 Å². The summed E-state index contributed by atoms with van der Waals surface area (Å²) >= 11 is 0. The minimum absolute atomic E-state index is 0.181. The molecule has 0 fully saturated rings. The molecule has 118 valence electrons. The molecule has 0 radical (unpaired) electrons. The molecule has 3 aromatic rings. The Bertz CT molecular complexity index is 869. The van der Waals surface area contributed by atoms with Gasteiger partial charge in [0.05, 0.1) is 6.20 Å². The first-order chi connectivity index (χ1) is 11.0. The number of anilines is 1. The second kappa shape index (κ2) is 5.75. The van der Waals surface area contributed by atoms with Crippen molar-refractivity contribution >= 4 is 17.2 Å². The first-order valence-corrected chi connectivity index (χ1v) is 6.96. The molecular weight excluding hydrogens is 302 g/mol. The lowest BCUT2D eigenvalue weighted by Gasteiger charge is -2.12. The van der Waals surface area contributed by atoms with E-state index < -0.39 is 18.0 Å². The van der Waals surface area contributed by atoms with Gasteiger partial charge in [0.15, 0.2) is 5.65 Å². The first-order valence-electron chi connectivity index (χ1n) is 6.96. The summed E-state index contributed by atoms with van der Waals surface area (Å²) in [4.78, 5) is 20.2. The van der Waals surface area contributed by atoms with E-state index in [0.717, 1.165) is 11.1 Å². The summed E-state index contributed by atoms with van der Waals surface area (Å²) in [6.45, 7) is 3.68. The number of nitrogens with one attached hydrogen (secondary N) is 1. The first kappa shape index (κ1) is 15.1. The summed E-state index contributed by atoms with van der Waals surface area (Å²) in [7, 11) is 0. The van der Waals surface area contributed by atoms with Gasteiger partial charge in [0.25, 0.3) is 12.3 Å². The van der Waals surface area contributed by atoms with E-state index in [0.29, 0.717) is 5.69 Å². The number of carbonyl (C=O) groups excluding carboxylic acids is 1. The highest BCUT2D eigenvalue weighted by Gasteiger charge is 2.26. The molecule has 0 atom stereocenters. The van der Waals surface area contributed by atoms with E-state index in [-0.39, 0.29) is 11.3 Å². The fourth-order valence-corrected chi connectivity index (χ4v) is 2.49. The van der Waals surface area contributed by atoms with Crippen LogP contribution in [0, 0.1) is 13.8 Å². The van der Waals surface area contributed by atoms with E-state index in [1.54, 1.807) is 0 Å². The van der Waals surface area contributed by atoms with Crippen LogP contribution in [-0.2, 0) is 0 Å². The molecule has 5 nitrogen and oxygen atoms in total. The van der Waals surface area contributed by atoms with Crippen LogP contribution >= 0.6 is 0 Å². The van der Waals surface area contributed by atoms with Gasteiger partial charge in [-0.2, -0.15) is 0 Å². The van der Waals surface area contributed by atoms with E-state index in [4.69, 9.17) is 0 Å². The molecule has 0 aliphatic rings. The monoisotopic (exact) mass is 316 g/mol. The minimum atomic E-state index is -2.85. The quantitative estimate of drug-likeness (QED) is 0.804. The van der Waals surface area contributed by atoms with Crippen molar-refractivity contribution in [1.29, 1.82) is 0 Å². The molecule has 2 heterocycles. The number of fused-ring (bicyclic) bond motifs is 1. The van der Waals surface area contributed by atoms with Crippen LogP contribution in [0.1, 0.15) is 33.7 Å². The average Bonchev–Trinajstić information content (AvgIpc) is 2.91. The molecule has 1 aromatic carbocycles. The van der Waals surface area contributed by atoms with Gasteiger partial charge in [-0.05, 0) is 25.0 Å². The maximum atomic E-state index is 13.2. The molecule has 0 unspecified atom stereocenters. The van der Waals surface area contributed by atoms with E-state index >= 15 is 0 Å². The smallest absolute Gasteiger partial charge is 0.282 e. The number of hydrogen-bond donors (Lipinski definition) is 1. The Hall–Kier alpha value is -2.83. The highest BCUT2D eigenvalue weighted by molar-refractivity contribution is 6.05. The topological polar surface area (TPSA) is 59.3 Å². The van der Waals surface area contributed by atoms with E-state index in [2.05, 4.69) is 15.3 Å². The predicted octanol–water partition coefficient (Wildman–Crippen LogP) is 3.54. The van der Waals surface area contributed by atoms with E-state index in [1.165, 1.54) is 23.0 Å². The highest BCUT2D eigenvalue weighted by atomic mass is 19.3. The van der Waals surface area contributed by atoms with Crippen molar-refractivity contribution < 1.29 is 13.6 Å². The van der Waals surface area contributed by atoms with Crippen molar-refractivity contribution in [3.05, 3.63) is 59.3 Å². The van der Waals surface area contributed by atoms with Gasteiger partial charge >= 0.3 is 0 Å². The largest absolute Gasteiger partial charge is 0.320 e. The maximum Gasteiger partial charge on any atom is 0.282 e. The van der Waals surface area contributed by atoms with Crippen LogP contribution in [0.25, 0.3) is 5.65 Å². The summed E-state index contributed by atoms with van der Waals surface area (Å²) in [5.41, 5.74) is 1.79. The van der Waals surface area contributed by atoms with Gasteiger partial charge in [-0.15, -0.1) is 0 Å².